The van der Waals surface area contributed by atoms with Crippen LogP contribution < -0.4 is 10.1 Å². The second-order valence-corrected chi connectivity index (χ2v) is 12.0. The number of carbonyl (C=O) groups excluding carboxylic acids is 2. The van der Waals surface area contributed by atoms with Gasteiger partial charge in [-0.2, -0.15) is 0 Å². The lowest BCUT2D eigenvalue weighted by atomic mass is 9.87. The van der Waals surface area contributed by atoms with E-state index in [1.54, 1.807) is 25.1 Å². The summed E-state index contributed by atoms with van der Waals surface area (Å²) in [6.07, 6.45) is 0. The molecular formula is C26H33BrCl2N2O3. The highest BCUT2D eigenvalue weighted by Gasteiger charge is 2.29. The molecule has 0 heterocycles. The monoisotopic (exact) mass is 570 g/mol. The number of carbonyl (C=O) groups is 2. The number of rotatable bonds is 7. The normalized spacial score (nSPS) is 12.8. The van der Waals surface area contributed by atoms with E-state index in [4.69, 9.17) is 27.9 Å². The van der Waals surface area contributed by atoms with Gasteiger partial charge in [0.2, 0.25) is 5.91 Å². The third-order valence-corrected chi connectivity index (χ3v) is 6.51. The van der Waals surface area contributed by atoms with Crippen LogP contribution in [-0.2, 0) is 21.5 Å². The van der Waals surface area contributed by atoms with E-state index in [1.807, 2.05) is 39.0 Å². The first-order chi connectivity index (χ1) is 15.6. The summed E-state index contributed by atoms with van der Waals surface area (Å²) in [5.74, 6) is -0.0197. The summed E-state index contributed by atoms with van der Waals surface area (Å²) in [5, 5.41) is 3.75. The Morgan fingerprint density at radius 3 is 2.21 bits per heavy atom. The summed E-state index contributed by atoms with van der Waals surface area (Å²) in [4.78, 5) is 27.6. The van der Waals surface area contributed by atoms with Crippen LogP contribution >= 0.6 is 39.1 Å². The average molecular weight is 572 g/mol. The lowest BCUT2D eigenvalue weighted by Gasteiger charge is -2.31. The highest BCUT2D eigenvalue weighted by atomic mass is 79.9. The minimum absolute atomic E-state index is 0.0105. The molecule has 0 radical (unpaired) electrons. The number of amides is 2. The molecule has 0 spiro atoms. The van der Waals surface area contributed by atoms with E-state index >= 15 is 0 Å². The van der Waals surface area contributed by atoms with Crippen LogP contribution in [0, 0.1) is 0 Å². The van der Waals surface area contributed by atoms with Gasteiger partial charge >= 0.3 is 0 Å². The molecule has 186 valence electrons. The lowest BCUT2D eigenvalue weighted by molar-refractivity contribution is -0.142. The number of nitrogens with zero attached hydrogens (tertiary/aromatic N) is 1. The molecule has 0 aliphatic rings. The number of benzene rings is 2. The molecule has 1 N–H and O–H groups in total. The molecule has 0 saturated carbocycles. The van der Waals surface area contributed by atoms with Crippen molar-refractivity contribution in [3.05, 3.63) is 62.0 Å². The summed E-state index contributed by atoms with van der Waals surface area (Å²) < 4.78 is 6.61. The fourth-order valence-electron chi connectivity index (χ4n) is 3.20. The Labute approximate surface area is 221 Å². The van der Waals surface area contributed by atoms with Gasteiger partial charge in [-0.3, -0.25) is 9.59 Å². The van der Waals surface area contributed by atoms with Gasteiger partial charge in [-0.1, -0.05) is 56.1 Å². The lowest BCUT2D eigenvalue weighted by Crippen LogP contribution is -2.53. The molecule has 0 aliphatic carbocycles. The Hall–Kier alpha value is -1.76. The van der Waals surface area contributed by atoms with Gasteiger partial charge in [-0.15, -0.1) is 0 Å². The molecule has 2 amide bonds. The van der Waals surface area contributed by atoms with E-state index in [2.05, 4.69) is 42.0 Å². The van der Waals surface area contributed by atoms with E-state index < -0.39 is 11.6 Å². The average Bonchev–Trinajstić information content (AvgIpc) is 2.71. The Balaban J connectivity index is 2.24. The highest BCUT2D eigenvalue weighted by Crippen LogP contribution is 2.31. The third kappa shape index (κ3) is 8.17. The van der Waals surface area contributed by atoms with E-state index in [0.717, 1.165) is 15.6 Å². The van der Waals surface area contributed by atoms with Gasteiger partial charge < -0.3 is 15.0 Å². The Kier molecular flexibility index (Phi) is 9.48. The van der Waals surface area contributed by atoms with Gasteiger partial charge in [-0.05, 0) is 84.4 Å². The van der Waals surface area contributed by atoms with Crippen molar-refractivity contribution < 1.29 is 14.3 Å². The summed E-state index contributed by atoms with van der Waals surface area (Å²) in [7, 11) is 0. The molecule has 5 nitrogen and oxygen atoms in total. The largest absolute Gasteiger partial charge is 0.483 e. The van der Waals surface area contributed by atoms with Crippen molar-refractivity contribution in [3.63, 3.8) is 0 Å². The predicted molar refractivity (Wildman–Crippen MR) is 143 cm³/mol. The maximum Gasteiger partial charge on any atom is 0.261 e. The summed E-state index contributed by atoms with van der Waals surface area (Å²) in [6, 6.07) is 10.2. The number of hydrogen-bond acceptors (Lipinski definition) is 3. The zero-order chi connectivity index (χ0) is 25.8. The standard InChI is InChI=1S/C26H33BrCl2N2O3/c1-16(24(33)30-26(5,6)7)31(14-17-8-10-20(28)21(29)12-17)23(32)15-34-22-11-9-18(13-19(22)27)25(2,3)4/h8-13,16H,14-15H2,1-7H3,(H,30,33)/t16-/m0/s1. The van der Waals surface area contributed by atoms with Crippen LogP contribution in [0.4, 0.5) is 0 Å². The predicted octanol–water partition coefficient (Wildman–Crippen LogP) is 6.76. The topological polar surface area (TPSA) is 58.6 Å². The first kappa shape index (κ1) is 28.5. The number of halogens is 3. The van der Waals surface area contributed by atoms with Crippen LogP contribution in [-0.4, -0.2) is 34.9 Å². The van der Waals surface area contributed by atoms with Crippen LogP contribution in [0.3, 0.4) is 0 Å². The van der Waals surface area contributed by atoms with Gasteiger partial charge in [0.05, 0.1) is 14.5 Å². The minimum atomic E-state index is -0.725. The van der Waals surface area contributed by atoms with E-state index in [1.165, 1.54) is 4.90 Å². The third-order valence-electron chi connectivity index (χ3n) is 5.15. The molecule has 0 fully saturated rings. The van der Waals surface area contributed by atoms with Gasteiger partial charge in [-0.25, -0.2) is 0 Å². The molecule has 2 aromatic carbocycles. The summed E-state index contributed by atoms with van der Waals surface area (Å²) >= 11 is 15.7. The number of hydrogen-bond donors (Lipinski definition) is 1. The minimum Gasteiger partial charge on any atom is -0.483 e. The maximum atomic E-state index is 13.3. The van der Waals surface area contributed by atoms with Crippen molar-refractivity contribution in [3.8, 4) is 5.75 Å². The smallest absolute Gasteiger partial charge is 0.261 e. The van der Waals surface area contributed by atoms with Crippen molar-refractivity contribution in [2.24, 2.45) is 0 Å². The van der Waals surface area contributed by atoms with Gasteiger partial charge in [0.25, 0.3) is 5.91 Å². The van der Waals surface area contributed by atoms with E-state index in [9.17, 15) is 9.59 Å². The molecule has 0 unspecified atom stereocenters. The maximum absolute atomic E-state index is 13.3. The Morgan fingerprint density at radius 2 is 1.68 bits per heavy atom. The van der Waals surface area contributed by atoms with Gasteiger partial charge in [0.15, 0.2) is 6.61 Å². The van der Waals surface area contributed by atoms with Crippen molar-refractivity contribution >= 4 is 50.9 Å². The molecule has 1 atom stereocenters. The molecule has 0 saturated heterocycles. The molecule has 0 aromatic heterocycles. The van der Waals surface area contributed by atoms with Crippen LogP contribution in [0.15, 0.2) is 40.9 Å². The SMILES string of the molecule is C[C@@H](C(=O)NC(C)(C)C)N(Cc1ccc(Cl)c(Cl)c1)C(=O)COc1ccc(C(C)(C)C)cc1Br. The molecule has 8 heteroatoms. The molecule has 0 bridgehead atoms. The second-order valence-electron chi connectivity index (χ2n) is 10.4. The van der Waals surface area contributed by atoms with E-state index in [-0.39, 0.29) is 30.4 Å². The summed E-state index contributed by atoms with van der Waals surface area (Å²) in [5.41, 5.74) is 1.46. The fourth-order valence-corrected chi connectivity index (χ4v) is 4.01. The number of nitrogens with one attached hydrogen (secondary N) is 1. The van der Waals surface area contributed by atoms with Crippen LogP contribution in [0.1, 0.15) is 59.6 Å². The van der Waals surface area contributed by atoms with E-state index in [0.29, 0.717) is 15.8 Å². The highest BCUT2D eigenvalue weighted by molar-refractivity contribution is 9.10. The van der Waals surface area contributed by atoms with Crippen molar-refractivity contribution in [1.82, 2.24) is 10.2 Å². The zero-order valence-electron chi connectivity index (χ0n) is 20.8. The Morgan fingerprint density at radius 1 is 1.03 bits per heavy atom. The molecule has 2 aromatic rings. The van der Waals surface area contributed by atoms with Crippen molar-refractivity contribution in [1.29, 1.82) is 0 Å². The molecular weight excluding hydrogens is 539 g/mol. The van der Waals surface area contributed by atoms with Crippen LogP contribution in [0.25, 0.3) is 0 Å². The Bertz CT molecular complexity index is 1050. The van der Waals surface area contributed by atoms with Crippen molar-refractivity contribution in [2.45, 2.75) is 72.0 Å². The second kappa shape index (κ2) is 11.3. The van der Waals surface area contributed by atoms with Gasteiger partial charge in [0.1, 0.15) is 11.8 Å². The number of ether oxygens (including phenoxy) is 1. The first-order valence-corrected chi connectivity index (χ1v) is 12.6. The fraction of sp³-hybridized carbons (Fsp3) is 0.462. The molecule has 0 aliphatic heterocycles. The summed E-state index contributed by atoms with van der Waals surface area (Å²) in [6.45, 7) is 13.7. The molecule has 34 heavy (non-hydrogen) atoms. The zero-order valence-corrected chi connectivity index (χ0v) is 23.9. The van der Waals surface area contributed by atoms with Gasteiger partial charge in [0, 0.05) is 12.1 Å². The quantitative estimate of drug-likeness (QED) is 0.399. The molecule has 2 rings (SSSR count). The van der Waals surface area contributed by atoms with Crippen LogP contribution in [0.5, 0.6) is 5.75 Å². The van der Waals surface area contributed by atoms with Crippen LogP contribution in [0.2, 0.25) is 10.0 Å². The van der Waals surface area contributed by atoms with Crippen molar-refractivity contribution in [2.75, 3.05) is 6.61 Å². The first-order valence-electron chi connectivity index (χ1n) is 11.1.